The minimum Gasteiger partial charge on any atom is -0.493 e. The van der Waals surface area contributed by atoms with Gasteiger partial charge in [0.25, 0.3) is 5.91 Å². The van der Waals surface area contributed by atoms with E-state index < -0.39 is 6.61 Å². The predicted molar refractivity (Wildman–Crippen MR) is 84.7 cm³/mol. The summed E-state index contributed by atoms with van der Waals surface area (Å²) in [6.45, 7) is 0.617. The minimum absolute atomic E-state index is 0.117. The SMILES string of the molecule is COc1ccc(C(=O)N2CC[C@H](N3CCCC3)C2)cc1OC(F)F. The fourth-order valence-electron chi connectivity index (χ4n) is 3.51. The number of likely N-dealkylation sites (tertiary alicyclic amines) is 2. The fourth-order valence-corrected chi connectivity index (χ4v) is 3.51. The number of halogens is 2. The Labute approximate surface area is 140 Å². The smallest absolute Gasteiger partial charge is 0.387 e. The van der Waals surface area contributed by atoms with Gasteiger partial charge in [0.15, 0.2) is 11.5 Å². The third-order valence-electron chi connectivity index (χ3n) is 4.73. The maximum absolute atomic E-state index is 12.7. The number of rotatable bonds is 5. The van der Waals surface area contributed by atoms with E-state index in [1.807, 2.05) is 0 Å². The summed E-state index contributed by atoms with van der Waals surface area (Å²) in [5, 5.41) is 0. The van der Waals surface area contributed by atoms with Crippen molar-refractivity contribution < 1.29 is 23.0 Å². The normalized spacial score (nSPS) is 21.5. The molecule has 2 heterocycles. The molecule has 2 aliphatic rings. The zero-order valence-corrected chi connectivity index (χ0v) is 13.7. The van der Waals surface area contributed by atoms with Crippen molar-refractivity contribution in [3.8, 4) is 11.5 Å². The van der Waals surface area contributed by atoms with E-state index in [-0.39, 0.29) is 17.4 Å². The number of amides is 1. The lowest BCUT2D eigenvalue weighted by molar-refractivity contribution is -0.0512. The molecule has 2 saturated heterocycles. The molecule has 0 radical (unpaired) electrons. The van der Waals surface area contributed by atoms with Gasteiger partial charge < -0.3 is 14.4 Å². The Morgan fingerprint density at radius 1 is 1.21 bits per heavy atom. The van der Waals surface area contributed by atoms with E-state index in [1.54, 1.807) is 11.0 Å². The Bertz CT molecular complexity index is 591. The lowest BCUT2D eigenvalue weighted by Gasteiger charge is -2.23. The van der Waals surface area contributed by atoms with Crippen LogP contribution in [0.2, 0.25) is 0 Å². The van der Waals surface area contributed by atoms with Gasteiger partial charge in [-0.2, -0.15) is 8.78 Å². The summed E-state index contributed by atoms with van der Waals surface area (Å²) in [5.74, 6) is -0.0877. The van der Waals surface area contributed by atoms with Crippen molar-refractivity contribution in [1.82, 2.24) is 9.80 Å². The maximum atomic E-state index is 12.7. The largest absolute Gasteiger partial charge is 0.493 e. The van der Waals surface area contributed by atoms with Crippen LogP contribution >= 0.6 is 0 Å². The lowest BCUT2D eigenvalue weighted by atomic mass is 10.1. The van der Waals surface area contributed by atoms with Gasteiger partial charge in [0, 0.05) is 24.7 Å². The second-order valence-electron chi connectivity index (χ2n) is 6.18. The number of alkyl halides is 2. The molecule has 0 bridgehead atoms. The van der Waals surface area contributed by atoms with Gasteiger partial charge in [-0.05, 0) is 50.6 Å². The number of carbonyl (C=O) groups is 1. The third-order valence-corrected chi connectivity index (χ3v) is 4.73. The Morgan fingerprint density at radius 2 is 1.96 bits per heavy atom. The highest BCUT2D eigenvalue weighted by molar-refractivity contribution is 5.95. The first kappa shape index (κ1) is 17.0. The Kier molecular flexibility index (Phi) is 5.18. The first-order chi connectivity index (χ1) is 11.6. The Balaban J connectivity index is 1.70. The summed E-state index contributed by atoms with van der Waals surface area (Å²) < 4.78 is 34.5. The quantitative estimate of drug-likeness (QED) is 0.826. The molecule has 1 aromatic rings. The van der Waals surface area contributed by atoms with Crippen LogP contribution < -0.4 is 9.47 Å². The molecular formula is C17H22F2N2O3. The number of hydrogen-bond acceptors (Lipinski definition) is 4. The predicted octanol–water partition coefficient (Wildman–Crippen LogP) is 2.61. The molecular weight excluding hydrogens is 318 g/mol. The van der Waals surface area contributed by atoms with Gasteiger partial charge in [-0.1, -0.05) is 0 Å². The van der Waals surface area contributed by atoms with Crippen LogP contribution in [-0.4, -0.2) is 61.6 Å². The van der Waals surface area contributed by atoms with Crippen LogP contribution in [0.25, 0.3) is 0 Å². The number of carbonyl (C=O) groups excluding carboxylic acids is 1. The van der Waals surface area contributed by atoms with Crippen molar-refractivity contribution in [3.05, 3.63) is 23.8 Å². The van der Waals surface area contributed by atoms with Gasteiger partial charge in [-0.3, -0.25) is 9.69 Å². The second-order valence-corrected chi connectivity index (χ2v) is 6.18. The lowest BCUT2D eigenvalue weighted by Crippen LogP contribution is -2.37. The van der Waals surface area contributed by atoms with E-state index in [0.717, 1.165) is 19.5 Å². The van der Waals surface area contributed by atoms with E-state index in [4.69, 9.17) is 4.74 Å². The summed E-state index contributed by atoms with van der Waals surface area (Å²) in [5.41, 5.74) is 0.341. The first-order valence-corrected chi connectivity index (χ1v) is 8.24. The zero-order valence-electron chi connectivity index (χ0n) is 13.7. The van der Waals surface area contributed by atoms with Crippen molar-refractivity contribution in [1.29, 1.82) is 0 Å². The molecule has 3 rings (SSSR count). The van der Waals surface area contributed by atoms with Crippen molar-refractivity contribution >= 4 is 5.91 Å². The molecule has 0 aromatic heterocycles. The molecule has 0 N–H and O–H groups in total. The zero-order chi connectivity index (χ0) is 17.1. The summed E-state index contributed by atoms with van der Waals surface area (Å²) in [7, 11) is 1.37. The molecule has 1 atom stereocenters. The van der Waals surface area contributed by atoms with Crippen molar-refractivity contribution in [2.24, 2.45) is 0 Å². The molecule has 2 aliphatic heterocycles. The van der Waals surface area contributed by atoms with Crippen LogP contribution in [0.15, 0.2) is 18.2 Å². The first-order valence-electron chi connectivity index (χ1n) is 8.24. The number of benzene rings is 1. The molecule has 1 amide bonds. The highest BCUT2D eigenvalue weighted by Gasteiger charge is 2.32. The molecule has 0 unspecified atom stereocenters. The van der Waals surface area contributed by atoms with E-state index in [0.29, 0.717) is 24.7 Å². The standard InChI is InChI=1S/C17H22F2N2O3/c1-23-14-5-4-12(10-15(14)24-17(18)19)16(22)21-9-6-13(11-21)20-7-2-3-8-20/h4-5,10,13,17H,2-3,6-9,11H2,1H3/t13-/m0/s1. The summed E-state index contributed by atoms with van der Waals surface area (Å²) in [6, 6.07) is 4.81. The van der Waals surface area contributed by atoms with Crippen LogP contribution in [0.3, 0.4) is 0 Å². The molecule has 5 nitrogen and oxygen atoms in total. The van der Waals surface area contributed by atoms with Gasteiger partial charge in [-0.15, -0.1) is 0 Å². The molecule has 132 valence electrons. The molecule has 0 spiro atoms. The maximum Gasteiger partial charge on any atom is 0.387 e. The minimum atomic E-state index is -2.96. The van der Waals surface area contributed by atoms with E-state index in [9.17, 15) is 13.6 Å². The van der Waals surface area contributed by atoms with E-state index >= 15 is 0 Å². The summed E-state index contributed by atoms with van der Waals surface area (Å²) in [4.78, 5) is 16.9. The van der Waals surface area contributed by atoms with Crippen molar-refractivity contribution in [2.75, 3.05) is 33.3 Å². The highest BCUT2D eigenvalue weighted by Crippen LogP contribution is 2.30. The molecule has 1 aromatic carbocycles. The third kappa shape index (κ3) is 3.61. The van der Waals surface area contributed by atoms with Gasteiger partial charge in [0.05, 0.1) is 7.11 Å². The topological polar surface area (TPSA) is 42.0 Å². The average Bonchev–Trinajstić information content (AvgIpc) is 3.24. The van der Waals surface area contributed by atoms with E-state index in [2.05, 4.69) is 9.64 Å². The summed E-state index contributed by atoms with van der Waals surface area (Å²) in [6.07, 6.45) is 3.40. The number of hydrogen-bond donors (Lipinski definition) is 0. The van der Waals surface area contributed by atoms with Gasteiger partial charge in [0.2, 0.25) is 0 Å². The fraction of sp³-hybridized carbons (Fsp3) is 0.588. The van der Waals surface area contributed by atoms with Gasteiger partial charge in [-0.25, -0.2) is 0 Å². The summed E-state index contributed by atoms with van der Waals surface area (Å²) >= 11 is 0. The molecule has 0 saturated carbocycles. The second kappa shape index (κ2) is 7.34. The average molecular weight is 340 g/mol. The van der Waals surface area contributed by atoms with Gasteiger partial charge in [0.1, 0.15) is 0 Å². The van der Waals surface area contributed by atoms with Crippen LogP contribution in [0, 0.1) is 0 Å². The molecule has 24 heavy (non-hydrogen) atoms. The van der Waals surface area contributed by atoms with Crippen LogP contribution in [0.5, 0.6) is 11.5 Å². The van der Waals surface area contributed by atoms with E-state index in [1.165, 1.54) is 32.1 Å². The number of nitrogens with zero attached hydrogens (tertiary/aromatic N) is 2. The van der Waals surface area contributed by atoms with Crippen LogP contribution in [-0.2, 0) is 0 Å². The number of ether oxygens (including phenoxy) is 2. The van der Waals surface area contributed by atoms with Crippen LogP contribution in [0.4, 0.5) is 8.78 Å². The Hall–Kier alpha value is -1.89. The highest BCUT2D eigenvalue weighted by atomic mass is 19.3. The van der Waals surface area contributed by atoms with Crippen LogP contribution in [0.1, 0.15) is 29.6 Å². The van der Waals surface area contributed by atoms with Crippen molar-refractivity contribution in [3.63, 3.8) is 0 Å². The molecule has 2 fully saturated rings. The monoisotopic (exact) mass is 340 g/mol. The number of methoxy groups -OCH3 is 1. The molecule has 0 aliphatic carbocycles. The van der Waals surface area contributed by atoms with Gasteiger partial charge >= 0.3 is 6.61 Å². The Morgan fingerprint density at radius 3 is 2.62 bits per heavy atom. The molecule has 7 heteroatoms. The van der Waals surface area contributed by atoms with Crippen molar-refractivity contribution in [2.45, 2.75) is 31.9 Å².